The summed E-state index contributed by atoms with van der Waals surface area (Å²) in [6.45, 7) is 11.1. The van der Waals surface area contributed by atoms with E-state index < -0.39 is 12.0 Å². The van der Waals surface area contributed by atoms with Crippen molar-refractivity contribution in [3.05, 3.63) is 52.3 Å². The first kappa shape index (κ1) is 26.7. The molecular formula is C26H33BrN4O4. The number of carbonyl (C=O) groups is 2. The van der Waals surface area contributed by atoms with Gasteiger partial charge in [-0.2, -0.15) is 0 Å². The van der Waals surface area contributed by atoms with E-state index in [1.807, 2.05) is 45.9 Å². The quantitative estimate of drug-likeness (QED) is 0.524. The molecule has 1 unspecified atom stereocenters. The van der Waals surface area contributed by atoms with Crippen LogP contribution in [0.1, 0.15) is 67.5 Å². The molecule has 0 amide bonds. The number of carbonyl (C=O) groups excluding carboxylic acids is 1. The highest BCUT2D eigenvalue weighted by Crippen LogP contribution is 2.42. The van der Waals surface area contributed by atoms with Crippen molar-refractivity contribution in [3.63, 3.8) is 0 Å². The summed E-state index contributed by atoms with van der Waals surface area (Å²) < 4.78 is 5.99. The molecule has 1 aromatic heterocycles. The smallest absolute Gasteiger partial charge is 0.326 e. The summed E-state index contributed by atoms with van der Waals surface area (Å²) in [4.78, 5) is 33.3. The molecule has 4 rings (SSSR count). The molecule has 0 saturated heterocycles. The number of hydrogen-bond donors (Lipinski definition) is 2. The summed E-state index contributed by atoms with van der Waals surface area (Å²) in [5.74, 6) is -0.155. The molecule has 2 aromatic rings. The summed E-state index contributed by atoms with van der Waals surface area (Å²) in [7, 11) is 0. The van der Waals surface area contributed by atoms with Crippen LogP contribution in [0, 0.1) is 5.41 Å². The predicted octanol–water partition coefficient (Wildman–Crippen LogP) is 4.22. The van der Waals surface area contributed by atoms with Crippen molar-refractivity contribution in [2.45, 2.75) is 59.0 Å². The van der Waals surface area contributed by atoms with Gasteiger partial charge in [0.2, 0.25) is 0 Å². The van der Waals surface area contributed by atoms with Crippen molar-refractivity contribution in [1.29, 1.82) is 5.41 Å². The van der Waals surface area contributed by atoms with Gasteiger partial charge in [0.25, 0.3) is 0 Å². The number of anilines is 1. The Balaban J connectivity index is 0.00000342. The third-order valence-electron chi connectivity index (χ3n) is 6.55. The van der Waals surface area contributed by atoms with E-state index >= 15 is 0 Å². The molecule has 9 heteroatoms. The second kappa shape index (κ2) is 9.97. The largest absolute Gasteiger partial charge is 0.489 e. The van der Waals surface area contributed by atoms with Crippen molar-refractivity contribution in [2.75, 3.05) is 24.6 Å². The van der Waals surface area contributed by atoms with Gasteiger partial charge in [-0.05, 0) is 37.0 Å². The van der Waals surface area contributed by atoms with Crippen LogP contribution in [-0.2, 0) is 23.2 Å². The summed E-state index contributed by atoms with van der Waals surface area (Å²) in [6, 6.07) is 6.80. The average Bonchev–Trinajstić information content (AvgIpc) is 3.10. The van der Waals surface area contributed by atoms with E-state index in [2.05, 4.69) is 4.98 Å². The van der Waals surface area contributed by atoms with E-state index in [0.29, 0.717) is 42.4 Å². The number of pyridine rings is 1. The Kier molecular flexibility index (Phi) is 7.59. The maximum absolute atomic E-state index is 13.5. The van der Waals surface area contributed by atoms with Crippen LogP contribution in [0.3, 0.4) is 0 Å². The molecule has 0 fully saturated rings. The van der Waals surface area contributed by atoms with Gasteiger partial charge in [-0.3, -0.25) is 10.2 Å². The van der Waals surface area contributed by atoms with Crippen LogP contribution in [0.5, 0.6) is 5.75 Å². The lowest BCUT2D eigenvalue weighted by Crippen LogP contribution is -2.44. The van der Waals surface area contributed by atoms with Gasteiger partial charge in [0.05, 0.1) is 18.8 Å². The molecule has 1 aromatic carbocycles. The van der Waals surface area contributed by atoms with Gasteiger partial charge in [-0.1, -0.05) is 33.8 Å². The zero-order valence-electron chi connectivity index (χ0n) is 20.8. The summed E-state index contributed by atoms with van der Waals surface area (Å²) in [6.07, 6.45) is 0.789. The minimum absolute atomic E-state index is 0. The van der Waals surface area contributed by atoms with E-state index in [1.54, 1.807) is 22.8 Å². The van der Waals surface area contributed by atoms with Gasteiger partial charge >= 0.3 is 5.97 Å². The Labute approximate surface area is 216 Å². The third-order valence-corrected chi connectivity index (χ3v) is 6.55. The number of amidine groups is 1. The molecule has 1 atom stereocenters. The fourth-order valence-electron chi connectivity index (χ4n) is 4.49. The first-order chi connectivity index (χ1) is 16.0. The highest BCUT2D eigenvalue weighted by atomic mass is 79.9. The molecule has 2 N–H and O–H groups in total. The van der Waals surface area contributed by atoms with Crippen molar-refractivity contribution < 1.29 is 19.4 Å². The number of benzene rings is 1. The minimum Gasteiger partial charge on any atom is -0.489 e. The number of nitrogens with zero attached hydrogens (tertiary/aromatic N) is 3. The van der Waals surface area contributed by atoms with Crippen molar-refractivity contribution in [2.24, 2.45) is 0 Å². The summed E-state index contributed by atoms with van der Waals surface area (Å²) in [5, 5.41) is 18.2. The third kappa shape index (κ3) is 5.05. The number of carboxylic acid groups (broad SMARTS) is 1. The van der Waals surface area contributed by atoms with Gasteiger partial charge in [0, 0.05) is 28.9 Å². The Bertz CT molecular complexity index is 1170. The van der Waals surface area contributed by atoms with Crippen LogP contribution in [0.15, 0.2) is 24.3 Å². The van der Waals surface area contributed by atoms with Gasteiger partial charge in [0.15, 0.2) is 5.78 Å². The zero-order chi connectivity index (χ0) is 24.8. The Morgan fingerprint density at radius 1 is 1.26 bits per heavy atom. The number of aliphatic carboxylic acids is 1. The number of carboxylic acids is 1. The fraction of sp³-hybridized carbons (Fsp3) is 0.462. The number of nitrogens with one attached hydrogen (secondary N) is 1. The number of rotatable bonds is 6. The lowest BCUT2D eigenvalue weighted by Gasteiger charge is -2.37. The van der Waals surface area contributed by atoms with Crippen molar-refractivity contribution >= 4 is 40.3 Å². The number of ketones is 1. The Hall–Kier alpha value is -2.94. The molecule has 0 saturated carbocycles. The van der Waals surface area contributed by atoms with E-state index in [4.69, 9.17) is 10.1 Å². The SMILES string of the molecule is Br.CCc1ccc2c(n1)C(=N)N(CC(=O)c1cc3c(c(C(C)(C)C)c1)OCCN3C(C)C(=O)O)C2. The molecule has 0 bridgehead atoms. The number of Topliss-reactive ketones (excluding diaryl/α,β-unsaturated/α-hetero) is 1. The Morgan fingerprint density at radius 2 is 1.97 bits per heavy atom. The van der Waals surface area contributed by atoms with E-state index in [9.17, 15) is 14.7 Å². The number of hydrogen-bond acceptors (Lipinski definition) is 6. The van der Waals surface area contributed by atoms with E-state index in [1.165, 1.54) is 0 Å². The van der Waals surface area contributed by atoms with Gasteiger partial charge in [0.1, 0.15) is 29.9 Å². The first-order valence-electron chi connectivity index (χ1n) is 11.7. The number of aromatic nitrogens is 1. The minimum atomic E-state index is -0.927. The lowest BCUT2D eigenvalue weighted by molar-refractivity contribution is -0.138. The molecule has 3 heterocycles. The van der Waals surface area contributed by atoms with Crippen LogP contribution in [-0.4, -0.2) is 58.3 Å². The lowest BCUT2D eigenvalue weighted by atomic mass is 9.84. The standard InChI is InChI=1S/C26H32N4O4.BrH/c1-6-18-8-7-16-13-29(24(27)22(16)28-18)14-21(31)17-11-19(26(3,4)5)23-20(12-17)30(9-10-34-23)15(2)25(32)33;/h7-8,11-12,15,27H,6,9-10,13-14H2,1-5H3,(H,32,33);1H. The molecule has 0 aliphatic carbocycles. The van der Waals surface area contributed by atoms with Crippen LogP contribution in [0.2, 0.25) is 0 Å². The second-order valence-electron chi connectivity index (χ2n) is 9.97. The summed E-state index contributed by atoms with van der Waals surface area (Å²) in [5.41, 5.74) is 4.19. The number of halogens is 1. The van der Waals surface area contributed by atoms with Crippen molar-refractivity contribution in [3.8, 4) is 5.75 Å². The Morgan fingerprint density at radius 3 is 2.60 bits per heavy atom. The monoisotopic (exact) mass is 544 g/mol. The maximum Gasteiger partial charge on any atom is 0.326 e. The summed E-state index contributed by atoms with van der Waals surface area (Å²) >= 11 is 0. The normalized spacial score (nSPS) is 15.6. The molecule has 2 aliphatic heterocycles. The van der Waals surface area contributed by atoms with Gasteiger partial charge in [-0.25, -0.2) is 9.78 Å². The van der Waals surface area contributed by atoms with Gasteiger partial charge < -0.3 is 19.6 Å². The van der Waals surface area contributed by atoms with E-state index in [0.717, 1.165) is 23.2 Å². The van der Waals surface area contributed by atoms with Crippen LogP contribution >= 0.6 is 17.0 Å². The maximum atomic E-state index is 13.5. The molecule has 8 nitrogen and oxygen atoms in total. The molecule has 2 aliphatic rings. The van der Waals surface area contributed by atoms with Gasteiger partial charge in [-0.15, -0.1) is 17.0 Å². The van der Waals surface area contributed by atoms with Crippen LogP contribution < -0.4 is 9.64 Å². The fourth-order valence-corrected chi connectivity index (χ4v) is 4.49. The topological polar surface area (TPSA) is 107 Å². The number of fused-ring (bicyclic) bond motifs is 2. The van der Waals surface area contributed by atoms with Crippen molar-refractivity contribution in [1.82, 2.24) is 9.88 Å². The van der Waals surface area contributed by atoms with E-state index in [-0.39, 0.29) is 40.6 Å². The predicted molar refractivity (Wildman–Crippen MR) is 141 cm³/mol. The number of aryl methyl sites for hydroxylation is 1. The average molecular weight is 545 g/mol. The number of ether oxygens (including phenoxy) is 1. The zero-order valence-corrected chi connectivity index (χ0v) is 22.6. The molecule has 35 heavy (non-hydrogen) atoms. The highest BCUT2D eigenvalue weighted by molar-refractivity contribution is 8.93. The molecular weight excluding hydrogens is 512 g/mol. The highest BCUT2D eigenvalue weighted by Gasteiger charge is 2.34. The molecule has 0 radical (unpaired) electrons. The van der Waals surface area contributed by atoms with Crippen LogP contribution in [0.25, 0.3) is 0 Å². The molecule has 188 valence electrons. The van der Waals surface area contributed by atoms with Crippen LogP contribution in [0.4, 0.5) is 5.69 Å². The second-order valence-corrected chi connectivity index (χ2v) is 9.97. The first-order valence-corrected chi connectivity index (χ1v) is 11.7. The molecule has 0 spiro atoms.